The molecule has 0 fully saturated rings. The van der Waals surface area contributed by atoms with Crippen LogP contribution < -0.4 is 10.6 Å². The first-order valence-electron chi connectivity index (χ1n) is 14.0. The summed E-state index contributed by atoms with van der Waals surface area (Å²) in [7, 11) is 1.33. The lowest BCUT2D eigenvalue weighted by Crippen LogP contribution is -2.21. The summed E-state index contributed by atoms with van der Waals surface area (Å²) in [6, 6.07) is 16.7. The number of aromatic hydroxyl groups is 2. The first-order chi connectivity index (χ1) is 21.3. The van der Waals surface area contributed by atoms with Gasteiger partial charge in [-0.1, -0.05) is 52.0 Å². The topological polar surface area (TPSA) is 162 Å². The molecule has 0 unspecified atom stereocenters. The molecule has 0 bridgehead atoms. The van der Waals surface area contributed by atoms with E-state index in [1.807, 2.05) is 33.8 Å². The van der Waals surface area contributed by atoms with E-state index < -0.39 is 11.9 Å². The van der Waals surface area contributed by atoms with Crippen LogP contribution in [0.25, 0.3) is 0 Å². The Morgan fingerprint density at radius 1 is 0.711 bits per heavy atom. The van der Waals surface area contributed by atoms with Crippen LogP contribution in [0, 0.1) is 0 Å². The molecule has 0 aliphatic rings. The number of esters is 1. The zero-order valence-corrected chi connectivity index (χ0v) is 27.2. The summed E-state index contributed by atoms with van der Waals surface area (Å²) in [6.45, 7) is 8.28. The quantitative estimate of drug-likeness (QED) is 0.121. The summed E-state index contributed by atoms with van der Waals surface area (Å²) in [5, 5.41) is 33.5. The second-order valence-electron chi connectivity index (χ2n) is 10.6. The van der Waals surface area contributed by atoms with E-state index in [9.17, 15) is 34.5 Å². The maximum Gasteiger partial charge on any atom is 0.348 e. The minimum Gasteiger partial charge on any atom is -0.508 e. The molecular weight excluding hydrogens is 617 g/mol. The van der Waals surface area contributed by atoms with Crippen molar-refractivity contribution >= 4 is 46.4 Å². The number of thiophene rings is 2. The number of benzene rings is 2. The van der Waals surface area contributed by atoms with E-state index in [1.165, 1.54) is 7.11 Å². The van der Waals surface area contributed by atoms with Crippen molar-refractivity contribution < 1.29 is 39.2 Å². The molecule has 0 aliphatic heterocycles. The van der Waals surface area contributed by atoms with Crippen LogP contribution in [0.5, 0.6) is 11.5 Å². The molecule has 0 atom stereocenters. The van der Waals surface area contributed by atoms with Gasteiger partial charge in [-0.05, 0) is 70.5 Å². The van der Waals surface area contributed by atoms with Crippen molar-refractivity contribution in [1.82, 2.24) is 10.6 Å². The number of amides is 2. The SMILES string of the molecule is CC(C)c1cc(C(=O)NCc2cccc(O)c2)sc1C(=O)O.COC(=O)c1sc(C(=O)NCc2cccc(O)c2)cc1C(C)C. The standard InChI is InChI=1S/C17H19NO4S.C16H17NO4S/c1-10(2)13-8-14(23-15(13)17(21)22-3)16(20)18-9-11-5-4-6-12(19)7-11;1-9(2)12-7-13(22-14(12)16(20)21)15(19)17-8-10-4-3-5-11(18)6-10/h4-8,10,19H,9H2,1-3H3,(H,18,20);3-7,9,18H,8H2,1-2H3,(H,17,19)(H,20,21). The fourth-order valence-corrected chi connectivity index (χ4v) is 6.40. The normalized spacial score (nSPS) is 10.6. The number of ether oxygens (including phenoxy) is 1. The van der Waals surface area contributed by atoms with Gasteiger partial charge >= 0.3 is 11.9 Å². The first kappa shape index (κ1) is 34.8. The molecule has 10 nitrogen and oxygen atoms in total. The number of nitrogens with one attached hydrogen (secondary N) is 2. The molecule has 2 heterocycles. The van der Waals surface area contributed by atoms with Gasteiger partial charge in [0.25, 0.3) is 11.8 Å². The summed E-state index contributed by atoms with van der Waals surface area (Å²) in [6.07, 6.45) is 0. The third-order valence-corrected chi connectivity index (χ3v) is 8.77. The molecule has 2 aromatic heterocycles. The van der Waals surface area contributed by atoms with Crippen molar-refractivity contribution in [1.29, 1.82) is 0 Å². The van der Waals surface area contributed by atoms with Crippen molar-refractivity contribution in [3.63, 3.8) is 0 Å². The Morgan fingerprint density at radius 2 is 1.13 bits per heavy atom. The fraction of sp³-hybridized carbons (Fsp3) is 0.273. The molecule has 45 heavy (non-hydrogen) atoms. The van der Waals surface area contributed by atoms with Crippen LogP contribution in [0.2, 0.25) is 0 Å². The number of carbonyl (C=O) groups excluding carboxylic acids is 3. The van der Waals surface area contributed by atoms with Crippen molar-refractivity contribution in [3.05, 3.63) is 102 Å². The highest BCUT2D eigenvalue weighted by molar-refractivity contribution is 7.16. The summed E-state index contributed by atoms with van der Waals surface area (Å²) in [5.41, 5.74) is 3.05. The average Bonchev–Trinajstić information content (AvgIpc) is 3.65. The van der Waals surface area contributed by atoms with Crippen molar-refractivity contribution in [2.75, 3.05) is 7.11 Å². The molecule has 0 spiro atoms. The molecular formula is C33H36N2O8S2. The largest absolute Gasteiger partial charge is 0.508 e. The van der Waals surface area contributed by atoms with Gasteiger partial charge in [0, 0.05) is 13.1 Å². The minimum atomic E-state index is -1.01. The number of phenols is 2. The number of carbonyl (C=O) groups is 4. The highest BCUT2D eigenvalue weighted by atomic mass is 32.1. The summed E-state index contributed by atoms with van der Waals surface area (Å²) in [4.78, 5) is 49.0. The molecule has 0 saturated heterocycles. The van der Waals surface area contributed by atoms with Crippen LogP contribution in [0.15, 0.2) is 60.7 Å². The Kier molecular flexibility index (Phi) is 12.3. The molecule has 4 rings (SSSR count). The van der Waals surface area contributed by atoms with Gasteiger partial charge in [-0.3, -0.25) is 9.59 Å². The van der Waals surface area contributed by atoms with Gasteiger partial charge in [0.05, 0.1) is 16.9 Å². The number of hydrogen-bond acceptors (Lipinski definition) is 9. The lowest BCUT2D eigenvalue weighted by molar-refractivity contribution is 0.0603. The zero-order valence-electron chi connectivity index (χ0n) is 25.5. The molecule has 0 saturated carbocycles. The maximum atomic E-state index is 12.3. The number of carboxylic acids is 1. The molecule has 238 valence electrons. The van der Waals surface area contributed by atoms with Crippen LogP contribution in [0.1, 0.15) is 100 Å². The monoisotopic (exact) mass is 652 g/mol. The average molecular weight is 653 g/mol. The van der Waals surface area contributed by atoms with Crippen LogP contribution in [0.4, 0.5) is 0 Å². The predicted octanol–water partition coefficient (Wildman–Crippen LogP) is 6.50. The number of aromatic carboxylic acids is 1. The Hall–Kier alpha value is -4.68. The van der Waals surface area contributed by atoms with E-state index in [2.05, 4.69) is 10.6 Å². The molecule has 12 heteroatoms. The third-order valence-electron chi connectivity index (χ3n) is 6.51. The Morgan fingerprint density at radius 3 is 1.49 bits per heavy atom. The smallest absolute Gasteiger partial charge is 0.348 e. The van der Waals surface area contributed by atoms with E-state index >= 15 is 0 Å². The molecule has 5 N–H and O–H groups in total. The number of hydrogen-bond donors (Lipinski definition) is 5. The second kappa shape index (κ2) is 15.9. The molecule has 0 aliphatic carbocycles. The van der Waals surface area contributed by atoms with E-state index in [0.717, 1.165) is 39.4 Å². The Balaban J connectivity index is 0.000000246. The predicted molar refractivity (Wildman–Crippen MR) is 174 cm³/mol. The van der Waals surface area contributed by atoms with E-state index in [1.54, 1.807) is 54.6 Å². The van der Waals surface area contributed by atoms with E-state index in [-0.39, 0.29) is 46.6 Å². The molecule has 2 amide bonds. The highest BCUT2D eigenvalue weighted by Crippen LogP contribution is 2.30. The van der Waals surface area contributed by atoms with Gasteiger partial charge in [0.2, 0.25) is 0 Å². The Bertz CT molecular complexity index is 1670. The van der Waals surface area contributed by atoms with Crippen molar-refractivity contribution in [2.45, 2.75) is 52.6 Å². The van der Waals surface area contributed by atoms with Gasteiger partial charge in [0.15, 0.2) is 0 Å². The summed E-state index contributed by atoms with van der Waals surface area (Å²) >= 11 is 2.11. The molecule has 0 radical (unpaired) electrons. The summed E-state index contributed by atoms with van der Waals surface area (Å²) in [5.74, 6) is -1.56. The van der Waals surface area contributed by atoms with E-state index in [0.29, 0.717) is 26.7 Å². The number of rotatable bonds is 10. The van der Waals surface area contributed by atoms with Crippen LogP contribution >= 0.6 is 22.7 Å². The first-order valence-corrected chi connectivity index (χ1v) is 15.6. The van der Waals surface area contributed by atoms with Gasteiger partial charge in [-0.15, -0.1) is 22.7 Å². The van der Waals surface area contributed by atoms with Crippen LogP contribution in [-0.4, -0.2) is 46.2 Å². The number of carboxylic acid groups (broad SMARTS) is 1. The summed E-state index contributed by atoms with van der Waals surface area (Å²) < 4.78 is 4.77. The second-order valence-corrected chi connectivity index (χ2v) is 12.7. The van der Waals surface area contributed by atoms with Crippen LogP contribution in [0.3, 0.4) is 0 Å². The maximum absolute atomic E-state index is 12.3. The van der Waals surface area contributed by atoms with E-state index in [4.69, 9.17) is 4.74 Å². The fourth-order valence-electron chi connectivity index (χ4n) is 4.18. The molecule has 4 aromatic rings. The van der Waals surface area contributed by atoms with Gasteiger partial charge in [-0.2, -0.15) is 0 Å². The van der Waals surface area contributed by atoms with Gasteiger partial charge in [0.1, 0.15) is 21.3 Å². The van der Waals surface area contributed by atoms with Gasteiger partial charge < -0.3 is 30.7 Å². The van der Waals surface area contributed by atoms with Gasteiger partial charge in [-0.25, -0.2) is 9.59 Å². The zero-order chi connectivity index (χ0) is 33.3. The van der Waals surface area contributed by atoms with Crippen LogP contribution in [-0.2, 0) is 17.8 Å². The molecule has 2 aromatic carbocycles. The Labute approximate surface area is 269 Å². The van der Waals surface area contributed by atoms with Crippen molar-refractivity contribution in [3.8, 4) is 11.5 Å². The number of methoxy groups -OCH3 is 1. The van der Waals surface area contributed by atoms with Crippen molar-refractivity contribution in [2.24, 2.45) is 0 Å². The highest BCUT2D eigenvalue weighted by Gasteiger charge is 2.22. The number of phenolic OH excluding ortho intramolecular Hbond substituents is 2. The third kappa shape index (κ3) is 9.65. The minimum absolute atomic E-state index is 0.0370. The lowest BCUT2D eigenvalue weighted by atomic mass is 10.0. The lowest BCUT2D eigenvalue weighted by Gasteiger charge is -2.04.